The van der Waals surface area contributed by atoms with Crippen molar-refractivity contribution in [2.45, 2.75) is 62.2 Å². The van der Waals surface area contributed by atoms with Crippen molar-refractivity contribution in [3.05, 3.63) is 65.2 Å². The Kier molecular flexibility index (Phi) is 8.49. The molecule has 3 fully saturated rings. The molecule has 4 aliphatic rings. The lowest BCUT2D eigenvalue weighted by Gasteiger charge is -2.31. The highest BCUT2D eigenvalue weighted by atomic mass is 32.2. The quantitative estimate of drug-likeness (QED) is 0.395. The zero-order valence-corrected chi connectivity index (χ0v) is 25.2. The molecule has 2 aromatic carbocycles. The van der Waals surface area contributed by atoms with E-state index in [1.807, 2.05) is 37.3 Å². The van der Waals surface area contributed by atoms with Crippen LogP contribution in [0.3, 0.4) is 0 Å². The maximum atomic E-state index is 13.8. The highest BCUT2D eigenvalue weighted by Crippen LogP contribution is 2.49. The van der Waals surface area contributed by atoms with E-state index in [1.165, 1.54) is 21.3 Å². The summed E-state index contributed by atoms with van der Waals surface area (Å²) in [5.41, 5.74) is 2.02. The number of alkyl carbamates (subject to hydrolysis) is 1. The third-order valence-electron chi connectivity index (χ3n) is 9.16. The maximum Gasteiger partial charge on any atom is 0.407 e. The van der Waals surface area contributed by atoms with Crippen LogP contribution in [0.15, 0.2) is 53.4 Å². The molecule has 11 nitrogen and oxygen atoms in total. The SMILES string of the molecule is CCCN(C[C@@H](O)[C@H](Cc1ccccc1)NC(=O)OC1C2COC3OCC1C3C2)S(=O)(=O)c1ccc2c(c1)CN(C)C2=O. The van der Waals surface area contributed by atoms with E-state index in [2.05, 4.69) is 5.32 Å². The first kappa shape index (κ1) is 30.0. The van der Waals surface area contributed by atoms with Crippen LogP contribution in [-0.2, 0) is 37.2 Å². The number of amides is 2. The highest BCUT2D eigenvalue weighted by Gasteiger charge is 2.56. The third-order valence-corrected chi connectivity index (χ3v) is 11.0. The monoisotopic (exact) mass is 613 g/mol. The Labute approximate surface area is 252 Å². The third kappa shape index (κ3) is 5.91. The summed E-state index contributed by atoms with van der Waals surface area (Å²) in [6, 6.07) is 13.1. The molecule has 3 heterocycles. The van der Waals surface area contributed by atoms with Gasteiger partial charge in [0.2, 0.25) is 10.0 Å². The van der Waals surface area contributed by atoms with E-state index in [9.17, 15) is 23.1 Å². The average molecular weight is 614 g/mol. The smallest absolute Gasteiger partial charge is 0.407 e. The van der Waals surface area contributed by atoms with Crippen LogP contribution >= 0.6 is 0 Å². The van der Waals surface area contributed by atoms with Crippen LogP contribution in [0.5, 0.6) is 0 Å². The second-order valence-electron chi connectivity index (χ2n) is 12.1. The van der Waals surface area contributed by atoms with Crippen molar-refractivity contribution in [2.75, 3.05) is 33.4 Å². The molecule has 5 unspecified atom stereocenters. The highest BCUT2D eigenvalue weighted by molar-refractivity contribution is 7.89. The summed E-state index contributed by atoms with van der Waals surface area (Å²) in [4.78, 5) is 27.2. The van der Waals surface area contributed by atoms with Crippen LogP contribution in [0.1, 0.15) is 41.3 Å². The summed E-state index contributed by atoms with van der Waals surface area (Å²) in [6.07, 6.45) is -0.772. The number of hydrogen-bond acceptors (Lipinski definition) is 8. The molecule has 0 radical (unpaired) electrons. The van der Waals surface area contributed by atoms with Gasteiger partial charge in [-0.3, -0.25) is 4.79 Å². The van der Waals surface area contributed by atoms with Crippen molar-refractivity contribution >= 4 is 22.0 Å². The number of aliphatic hydroxyl groups excluding tert-OH is 1. The summed E-state index contributed by atoms with van der Waals surface area (Å²) < 4.78 is 46.3. The standard InChI is InChI=1S/C31H39N3O8S/c1-3-11-34(43(38,39)22-9-10-23-20(13-22)15-33(2)29(23)36)16-27(35)26(12-19-7-5-4-6-8-19)32-31(37)42-28-21-14-24-25(28)18-41-30(24)40-17-21/h4-10,13,21,24-28,30,35H,3,11-12,14-18H2,1-2H3,(H,32,37)/t21?,24?,25?,26-,27+,28?,30?/m0/s1. The number of fused-ring (bicyclic) bond motifs is 2. The number of ether oxygens (including phenoxy) is 3. The number of nitrogens with zero attached hydrogens (tertiary/aromatic N) is 2. The molecule has 2 amide bonds. The van der Waals surface area contributed by atoms with Gasteiger partial charge in [0.25, 0.3) is 5.91 Å². The first-order valence-electron chi connectivity index (χ1n) is 15.0. The van der Waals surface area contributed by atoms with E-state index in [-0.39, 0.29) is 60.5 Å². The van der Waals surface area contributed by atoms with Crippen LogP contribution in [0, 0.1) is 17.8 Å². The van der Waals surface area contributed by atoms with Gasteiger partial charge in [-0.2, -0.15) is 4.31 Å². The maximum absolute atomic E-state index is 13.8. The second-order valence-corrected chi connectivity index (χ2v) is 14.0. The number of benzene rings is 2. The fourth-order valence-corrected chi connectivity index (χ4v) is 8.56. The largest absolute Gasteiger partial charge is 0.445 e. The Morgan fingerprint density at radius 2 is 1.93 bits per heavy atom. The van der Waals surface area contributed by atoms with Gasteiger partial charge >= 0.3 is 6.09 Å². The molecule has 2 N–H and O–H groups in total. The molecule has 0 aromatic heterocycles. The van der Waals surface area contributed by atoms with Crippen LogP contribution in [0.25, 0.3) is 0 Å². The topological polar surface area (TPSA) is 135 Å². The molecular weight excluding hydrogens is 574 g/mol. The molecule has 12 heteroatoms. The predicted octanol–water partition coefficient (Wildman–Crippen LogP) is 2.38. The molecule has 1 saturated carbocycles. The Morgan fingerprint density at radius 3 is 2.70 bits per heavy atom. The molecular formula is C31H39N3O8S. The summed E-state index contributed by atoms with van der Waals surface area (Å²) in [5.74, 6) is 0.252. The van der Waals surface area contributed by atoms with Crippen LogP contribution in [-0.4, -0.2) is 92.6 Å². The molecule has 2 bridgehead atoms. The van der Waals surface area contributed by atoms with Crippen molar-refractivity contribution in [1.29, 1.82) is 0 Å². The Balaban J connectivity index is 1.19. The number of carbonyl (C=O) groups is 2. The first-order chi connectivity index (χ1) is 20.7. The van der Waals surface area contributed by atoms with Gasteiger partial charge in [0.15, 0.2) is 6.29 Å². The van der Waals surface area contributed by atoms with Crippen LogP contribution in [0.2, 0.25) is 0 Å². The summed E-state index contributed by atoms with van der Waals surface area (Å²) in [7, 11) is -2.34. The van der Waals surface area contributed by atoms with Gasteiger partial charge in [0.05, 0.1) is 30.3 Å². The molecule has 6 rings (SSSR count). The Morgan fingerprint density at radius 1 is 1.16 bits per heavy atom. The summed E-state index contributed by atoms with van der Waals surface area (Å²) >= 11 is 0. The number of hydrogen-bond donors (Lipinski definition) is 2. The summed E-state index contributed by atoms with van der Waals surface area (Å²) in [6.45, 7) is 3.10. The molecule has 2 aromatic rings. The molecule has 1 aliphatic carbocycles. The minimum absolute atomic E-state index is 0.0636. The zero-order chi connectivity index (χ0) is 30.3. The van der Waals surface area contributed by atoms with E-state index in [0.29, 0.717) is 37.3 Å². The van der Waals surface area contributed by atoms with Crippen molar-refractivity contribution in [3.63, 3.8) is 0 Å². The number of nitrogens with one attached hydrogen (secondary N) is 1. The van der Waals surface area contributed by atoms with Gasteiger partial charge in [0.1, 0.15) is 6.10 Å². The lowest BCUT2D eigenvalue weighted by Crippen LogP contribution is -2.51. The van der Waals surface area contributed by atoms with Gasteiger partial charge in [-0.15, -0.1) is 0 Å². The normalized spacial score (nSPS) is 27.3. The minimum Gasteiger partial charge on any atom is -0.445 e. The van der Waals surface area contributed by atoms with Crippen LogP contribution < -0.4 is 5.32 Å². The second kappa shape index (κ2) is 12.2. The van der Waals surface area contributed by atoms with Crippen LogP contribution in [0.4, 0.5) is 4.79 Å². The van der Waals surface area contributed by atoms with E-state index in [4.69, 9.17) is 14.2 Å². The number of rotatable bonds is 11. The molecule has 3 aliphatic heterocycles. The number of sulfonamides is 1. The zero-order valence-electron chi connectivity index (χ0n) is 24.4. The average Bonchev–Trinajstić information content (AvgIpc) is 3.62. The van der Waals surface area contributed by atoms with Gasteiger partial charge < -0.3 is 29.5 Å². The fourth-order valence-electron chi connectivity index (χ4n) is 6.96. The van der Waals surface area contributed by atoms with Crippen molar-refractivity contribution in [3.8, 4) is 0 Å². The fraction of sp³-hybridized carbons (Fsp3) is 0.548. The molecule has 0 spiro atoms. The predicted molar refractivity (Wildman–Crippen MR) is 155 cm³/mol. The van der Waals surface area contributed by atoms with Gasteiger partial charge in [-0.25, -0.2) is 13.2 Å². The number of aliphatic hydroxyl groups is 1. The van der Waals surface area contributed by atoms with Crippen molar-refractivity contribution in [2.24, 2.45) is 17.8 Å². The van der Waals surface area contributed by atoms with E-state index >= 15 is 0 Å². The molecule has 43 heavy (non-hydrogen) atoms. The lowest BCUT2D eigenvalue weighted by molar-refractivity contribution is -0.169. The summed E-state index contributed by atoms with van der Waals surface area (Å²) in [5, 5.41) is 14.4. The lowest BCUT2D eigenvalue weighted by atomic mass is 9.98. The molecule has 2 saturated heterocycles. The molecule has 232 valence electrons. The van der Waals surface area contributed by atoms with Crippen molar-refractivity contribution < 1.29 is 37.3 Å². The van der Waals surface area contributed by atoms with Gasteiger partial charge in [-0.05, 0) is 48.6 Å². The van der Waals surface area contributed by atoms with E-state index in [1.54, 1.807) is 13.1 Å². The van der Waals surface area contributed by atoms with Gasteiger partial charge in [-0.1, -0.05) is 37.3 Å². The Hall–Kier alpha value is -3.03. The number of carbonyl (C=O) groups excluding carboxylic acids is 2. The van der Waals surface area contributed by atoms with E-state index in [0.717, 1.165) is 12.0 Å². The Bertz CT molecular complexity index is 1450. The van der Waals surface area contributed by atoms with E-state index < -0.39 is 28.3 Å². The first-order valence-corrected chi connectivity index (χ1v) is 16.4. The minimum atomic E-state index is -4.01. The van der Waals surface area contributed by atoms with Crippen molar-refractivity contribution in [1.82, 2.24) is 14.5 Å². The molecule has 7 atom stereocenters. The van der Waals surface area contributed by atoms with Gasteiger partial charge in [0, 0.05) is 50.0 Å².